The number of carbonyl (C=O) groups excluding carboxylic acids is 1. The van der Waals surface area contributed by atoms with Crippen LogP contribution in [0.1, 0.15) is 18.1 Å². The fourth-order valence-corrected chi connectivity index (χ4v) is 2.84. The molecule has 0 radical (unpaired) electrons. The highest BCUT2D eigenvalue weighted by atomic mass is 32.2. The zero-order chi connectivity index (χ0) is 20.9. The molecular weight excluding hydrogens is 386 g/mol. The maximum absolute atomic E-state index is 12.6. The van der Waals surface area contributed by atoms with Crippen molar-refractivity contribution in [2.45, 2.75) is 19.8 Å². The molecule has 0 aliphatic carbocycles. The molecule has 28 heavy (non-hydrogen) atoms. The lowest BCUT2D eigenvalue weighted by molar-refractivity contribution is -0.123. The monoisotopic (exact) mass is 412 g/mol. The normalized spacial score (nSPS) is 12.5. The summed E-state index contributed by atoms with van der Waals surface area (Å²) in [6.45, 7) is 2.64. The summed E-state index contributed by atoms with van der Waals surface area (Å²) in [7, 11) is 0. The van der Waals surface area contributed by atoms with Gasteiger partial charge in [-0.05, 0) is 54.8 Å². The Kier molecular flexibility index (Phi) is 11.2. The SMILES string of the molecule is CC(CS(=O)O)C(=O)NCCc1ccc(F)cc1.NCCc1ccc(F)cc1. The second-order valence-electron chi connectivity index (χ2n) is 6.22. The summed E-state index contributed by atoms with van der Waals surface area (Å²) in [6.07, 6.45) is 1.42. The molecule has 2 unspecified atom stereocenters. The van der Waals surface area contributed by atoms with E-state index in [1.165, 1.54) is 24.3 Å². The number of hydrogen-bond donors (Lipinski definition) is 3. The first-order valence-electron chi connectivity index (χ1n) is 8.86. The Morgan fingerprint density at radius 2 is 1.50 bits per heavy atom. The minimum atomic E-state index is -1.96. The molecule has 0 aliphatic heterocycles. The Labute approximate surface area is 166 Å². The number of amides is 1. The molecule has 1 amide bonds. The number of hydrogen-bond acceptors (Lipinski definition) is 3. The smallest absolute Gasteiger partial charge is 0.223 e. The Morgan fingerprint density at radius 3 is 1.93 bits per heavy atom. The van der Waals surface area contributed by atoms with Crippen molar-refractivity contribution in [1.29, 1.82) is 0 Å². The van der Waals surface area contributed by atoms with Gasteiger partial charge in [0.05, 0.1) is 5.75 Å². The maximum atomic E-state index is 12.6. The lowest BCUT2D eigenvalue weighted by Gasteiger charge is -2.10. The van der Waals surface area contributed by atoms with E-state index in [0.717, 1.165) is 17.5 Å². The molecule has 2 aromatic rings. The van der Waals surface area contributed by atoms with Crippen LogP contribution in [0, 0.1) is 17.6 Å². The van der Waals surface area contributed by atoms with Crippen LogP contribution < -0.4 is 11.1 Å². The van der Waals surface area contributed by atoms with E-state index < -0.39 is 17.0 Å². The van der Waals surface area contributed by atoms with Crippen LogP contribution in [-0.2, 0) is 28.7 Å². The molecule has 0 heterocycles. The third-order valence-corrected chi connectivity index (χ3v) is 4.60. The molecule has 0 aliphatic rings. The van der Waals surface area contributed by atoms with Crippen molar-refractivity contribution in [3.8, 4) is 0 Å². The first-order chi connectivity index (χ1) is 13.3. The topological polar surface area (TPSA) is 92.4 Å². The van der Waals surface area contributed by atoms with Gasteiger partial charge >= 0.3 is 0 Å². The van der Waals surface area contributed by atoms with Crippen LogP contribution in [0.15, 0.2) is 48.5 Å². The summed E-state index contributed by atoms with van der Waals surface area (Å²) in [6, 6.07) is 12.5. The predicted octanol–water partition coefficient (Wildman–Crippen LogP) is 2.67. The minimum absolute atomic E-state index is 0.0671. The molecular formula is C20H26F2N2O3S. The third kappa shape index (κ3) is 10.2. The van der Waals surface area contributed by atoms with Gasteiger partial charge in [-0.2, -0.15) is 0 Å². The molecule has 0 fully saturated rings. The van der Waals surface area contributed by atoms with Crippen molar-refractivity contribution in [2.24, 2.45) is 11.7 Å². The molecule has 2 rings (SSSR count). The van der Waals surface area contributed by atoms with Crippen LogP contribution >= 0.6 is 0 Å². The van der Waals surface area contributed by atoms with Crippen molar-refractivity contribution in [3.63, 3.8) is 0 Å². The fraction of sp³-hybridized carbons (Fsp3) is 0.350. The number of benzene rings is 2. The van der Waals surface area contributed by atoms with Crippen molar-refractivity contribution in [1.82, 2.24) is 5.32 Å². The number of rotatable bonds is 8. The molecule has 0 saturated carbocycles. The van der Waals surface area contributed by atoms with E-state index in [1.54, 1.807) is 31.2 Å². The number of nitrogens with two attached hydrogens (primary N) is 1. The van der Waals surface area contributed by atoms with Gasteiger partial charge in [0.1, 0.15) is 11.6 Å². The van der Waals surface area contributed by atoms with Gasteiger partial charge in [-0.3, -0.25) is 4.79 Å². The van der Waals surface area contributed by atoms with Gasteiger partial charge < -0.3 is 15.6 Å². The van der Waals surface area contributed by atoms with E-state index in [2.05, 4.69) is 5.32 Å². The van der Waals surface area contributed by atoms with Gasteiger partial charge in [0.15, 0.2) is 11.1 Å². The second kappa shape index (κ2) is 13.1. The van der Waals surface area contributed by atoms with E-state index in [-0.39, 0.29) is 23.3 Å². The predicted molar refractivity (Wildman–Crippen MR) is 107 cm³/mol. The highest BCUT2D eigenvalue weighted by Crippen LogP contribution is 2.04. The van der Waals surface area contributed by atoms with E-state index in [0.29, 0.717) is 19.5 Å². The van der Waals surface area contributed by atoms with Crippen LogP contribution in [-0.4, -0.2) is 33.5 Å². The standard InChI is InChI=1S/C12H16FNO3S.C8H10FN/c1-9(8-18(16)17)12(15)14-7-6-10-2-4-11(13)5-3-10;9-8-3-1-7(2-4-8)5-6-10/h2-5,9H,6-8H2,1H3,(H,14,15)(H,16,17);1-4H,5-6,10H2. The van der Waals surface area contributed by atoms with Gasteiger partial charge in [0, 0.05) is 12.5 Å². The van der Waals surface area contributed by atoms with Crippen molar-refractivity contribution < 1.29 is 22.3 Å². The summed E-state index contributed by atoms with van der Waals surface area (Å²) < 4.78 is 44.1. The largest absolute Gasteiger partial charge is 0.356 e. The Hall–Kier alpha value is -2.16. The molecule has 0 saturated heterocycles. The summed E-state index contributed by atoms with van der Waals surface area (Å²) in [5.41, 5.74) is 7.32. The van der Waals surface area contributed by atoms with Crippen LogP contribution in [0.5, 0.6) is 0 Å². The molecule has 2 aromatic carbocycles. The molecule has 0 bridgehead atoms. The van der Waals surface area contributed by atoms with Crippen LogP contribution in [0.25, 0.3) is 0 Å². The Morgan fingerprint density at radius 1 is 1.04 bits per heavy atom. The first-order valence-corrected chi connectivity index (χ1v) is 10.1. The van der Waals surface area contributed by atoms with E-state index in [1.807, 2.05) is 0 Å². The van der Waals surface area contributed by atoms with E-state index >= 15 is 0 Å². The van der Waals surface area contributed by atoms with Crippen molar-refractivity contribution in [3.05, 3.63) is 71.3 Å². The molecule has 2 atom stereocenters. The van der Waals surface area contributed by atoms with Crippen molar-refractivity contribution >= 4 is 17.0 Å². The Bertz CT molecular complexity index is 740. The molecule has 5 nitrogen and oxygen atoms in total. The molecule has 8 heteroatoms. The van der Waals surface area contributed by atoms with Crippen molar-refractivity contribution in [2.75, 3.05) is 18.8 Å². The van der Waals surface area contributed by atoms with Crippen LogP contribution in [0.2, 0.25) is 0 Å². The van der Waals surface area contributed by atoms with Gasteiger partial charge in [-0.25, -0.2) is 13.0 Å². The number of nitrogens with one attached hydrogen (secondary N) is 1. The highest BCUT2D eigenvalue weighted by molar-refractivity contribution is 7.79. The number of halogens is 2. The average molecular weight is 413 g/mol. The Balaban J connectivity index is 0.000000330. The van der Waals surface area contributed by atoms with Crippen LogP contribution in [0.3, 0.4) is 0 Å². The van der Waals surface area contributed by atoms with E-state index in [4.69, 9.17) is 10.3 Å². The van der Waals surface area contributed by atoms with Gasteiger partial charge in [0.25, 0.3) is 0 Å². The second-order valence-corrected chi connectivity index (χ2v) is 7.20. The zero-order valence-electron chi connectivity index (χ0n) is 15.7. The summed E-state index contributed by atoms with van der Waals surface area (Å²) >= 11 is -1.96. The molecule has 0 spiro atoms. The molecule has 154 valence electrons. The zero-order valence-corrected chi connectivity index (χ0v) is 16.6. The quantitative estimate of drug-likeness (QED) is 0.581. The minimum Gasteiger partial charge on any atom is -0.356 e. The van der Waals surface area contributed by atoms with Gasteiger partial charge in [0.2, 0.25) is 5.91 Å². The lowest BCUT2D eigenvalue weighted by atomic mass is 10.1. The van der Waals surface area contributed by atoms with E-state index in [9.17, 15) is 17.8 Å². The molecule has 4 N–H and O–H groups in total. The lowest BCUT2D eigenvalue weighted by Crippen LogP contribution is -2.33. The highest BCUT2D eigenvalue weighted by Gasteiger charge is 2.14. The first kappa shape index (κ1) is 23.9. The average Bonchev–Trinajstić information content (AvgIpc) is 2.65. The van der Waals surface area contributed by atoms with Gasteiger partial charge in [-0.15, -0.1) is 0 Å². The summed E-state index contributed by atoms with van der Waals surface area (Å²) in [4.78, 5) is 11.5. The van der Waals surface area contributed by atoms with Crippen LogP contribution in [0.4, 0.5) is 8.78 Å². The third-order valence-electron chi connectivity index (χ3n) is 3.81. The van der Waals surface area contributed by atoms with Gasteiger partial charge in [-0.1, -0.05) is 31.2 Å². The molecule has 0 aromatic heterocycles. The fourth-order valence-electron chi connectivity index (χ4n) is 2.26. The summed E-state index contributed by atoms with van der Waals surface area (Å²) in [5, 5.41) is 2.67. The number of carbonyl (C=O) groups is 1. The maximum Gasteiger partial charge on any atom is 0.223 e. The summed E-state index contributed by atoms with van der Waals surface area (Å²) in [5.74, 6) is -1.30.